The largest absolute Gasteiger partial charge is 0.695 e. The summed E-state index contributed by atoms with van der Waals surface area (Å²) in [5.74, 6) is 0. The molecule has 0 aliphatic carbocycles. The van der Waals surface area contributed by atoms with Gasteiger partial charge in [0, 0.05) is 9.13 Å². The maximum absolute atomic E-state index is 10.1. The normalized spacial score (nSPS) is 17.8. The van der Waals surface area contributed by atoms with Gasteiger partial charge < -0.3 is 5.11 Å². The van der Waals surface area contributed by atoms with Crippen molar-refractivity contribution in [3.05, 3.63) is 0 Å². The molecule has 76 valence electrons. The van der Waals surface area contributed by atoms with Gasteiger partial charge in [0.1, 0.15) is 18.8 Å². The summed E-state index contributed by atoms with van der Waals surface area (Å²) < 4.78 is 28.6. The smallest absolute Gasteiger partial charge is 0.388 e. The molecule has 0 saturated heterocycles. The van der Waals surface area contributed by atoms with E-state index in [0.717, 1.165) is 0 Å². The SMILES string of the molecule is CC(O[P+](=O)O)C(O)CO[P+](=O)O. The first-order valence-corrected chi connectivity index (χ1v) is 5.49. The van der Waals surface area contributed by atoms with E-state index in [9.17, 15) is 9.13 Å². The van der Waals surface area contributed by atoms with Crippen LogP contribution in [0.15, 0.2) is 0 Å². The number of hydrogen-bond donors (Lipinski definition) is 3. The minimum atomic E-state index is -2.80. The molecule has 0 aromatic rings. The zero-order chi connectivity index (χ0) is 10.4. The summed E-state index contributed by atoms with van der Waals surface area (Å²) in [4.78, 5) is 16.5. The molecule has 0 amide bonds. The fourth-order valence-electron chi connectivity index (χ4n) is 0.488. The van der Waals surface area contributed by atoms with Crippen molar-refractivity contribution < 1.29 is 33.1 Å². The van der Waals surface area contributed by atoms with Crippen molar-refractivity contribution in [2.24, 2.45) is 0 Å². The Balaban J connectivity index is 3.75. The van der Waals surface area contributed by atoms with Gasteiger partial charge in [-0.05, 0) is 6.92 Å². The van der Waals surface area contributed by atoms with E-state index in [1.54, 1.807) is 0 Å². The van der Waals surface area contributed by atoms with Crippen LogP contribution in [-0.4, -0.2) is 33.7 Å². The molecule has 3 N–H and O–H groups in total. The summed E-state index contributed by atoms with van der Waals surface area (Å²) in [6.07, 6.45) is -2.17. The third-order valence-corrected chi connectivity index (χ3v) is 2.04. The molecule has 0 aromatic carbocycles. The molecular weight excluding hydrogens is 222 g/mol. The fraction of sp³-hybridized carbons (Fsp3) is 1.00. The number of aliphatic hydroxyl groups is 1. The van der Waals surface area contributed by atoms with Gasteiger partial charge in [-0.2, -0.15) is 0 Å². The Morgan fingerprint density at radius 3 is 2.23 bits per heavy atom. The molecule has 13 heavy (non-hydrogen) atoms. The van der Waals surface area contributed by atoms with Crippen molar-refractivity contribution in [1.82, 2.24) is 0 Å². The number of hydrogen-bond acceptors (Lipinski definition) is 5. The van der Waals surface area contributed by atoms with Gasteiger partial charge in [-0.15, -0.1) is 18.8 Å². The van der Waals surface area contributed by atoms with Gasteiger partial charge >= 0.3 is 16.5 Å². The summed E-state index contributed by atoms with van der Waals surface area (Å²) in [6.45, 7) is 0.901. The van der Waals surface area contributed by atoms with Gasteiger partial charge in [0.15, 0.2) is 0 Å². The van der Waals surface area contributed by atoms with E-state index < -0.39 is 35.3 Å². The maximum atomic E-state index is 10.1. The summed E-state index contributed by atoms with van der Waals surface area (Å²) in [6, 6.07) is 0. The second-order valence-corrected chi connectivity index (χ2v) is 3.57. The Bertz CT molecular complexity index is 195. The molecule has 0 fully saturated rings. The van der Waals surface area contributed by atoms with Crippen LogP contribution >= 0.6 is 16.5 Å². The van der Waals surface area contributed by atoms with Crippen molar-refractivity contribution >= 4 is 16.5 Å². The van der Waals surface area contributed by atoms with E-state index in [-0.39, 0.29) is 0 Å². The maximum Gasteiger partial charge on any atom is 0.695 e. The highest BCUT2D eigenvalue weighted by Crippen LogP contribution is 2.21. The van der Waals surface area contributed by atoms with Crippen LogP contribution < -0.4 is 0 Å². The molecule has 0 radical (unpaired) electrons. The van der Waals surface area contributed by atoms with E-state index in [1.807, 2.05) is 0 Å². The average Bonchev–Trinajstić information content (AvgIpc) is 1.98. The van der Waals surface area contributed by atoms with Crippen LogP contribution in [0, 0.1) is 0 Å². The second-order valence-electron chi connectivity index (χ2n) is 2.15. The van der Waals surface area contributed by atoms with E-state index in [2.05, 4.69) is 9.05 Å². The minimum absolute atomic E-state index is 0.434. The van der Waals surface area contributed by atoms with Gasteiger partial charge in [0.25, 0.3) is 0 Å². The molecule has 0 heterocycles. The molecule has 4 atom stereocenters. The summed E-state index contributed by atoms with van der Waals surface area (Å²) in [7, 11) is -5.58. The van der Waals surface area contributed by atoms with Crippen molar-refractivity contribution in [1.29, 1.82) is 0 Å². The number of rotatable bonds is 6. The third kappa shape index (κ3) is 7.10. The van der Waals surface area contributed by atoms with E-state index in [1.165, 1.54) is 6.92 Å². The van der Waals surface area contributed by atoms with Crippen molar-refractivity contribution in [2.75, 3.05) is 6.61 Å². The second kappa shape index (κ2) is 6.45. The molecule has 4 unspecified atom stereocenters. The molecule has 0 aromatic heterocycles. The molecule has 0 aliphatic heterocycles. The van der Waals surface area contributed by atoms with Crippen LogP contribution in [0.25, 0.3) is 0 Å². The highest BCUT2D eigenvalue weighted by atomic mass is 31.1. The highest BCUT2D eigenvalue weighted by molar-refractivity contribution is 7.32. The quantitative estimate of drug-likeness (QED) is 0.555. The van der Waals surface area contributed by atoms with Gasteiger partial charge in [-0.1, -0.05) is 0 Å². The van der Waals surface area contributed by atoms with Crippen molar-refractivity contribution in [2.45, 2.75) is 19.1 Å². The summed E-state index contributed by atoms with van der Waals surface area (Å²) in [5, 5.41) is 9.09. The Morgan fingerprint density at radius 2 is 1.85 bits per heavy atom. The Hall–Kier alpha value is -0.0000000000000000208. The molecule has 0 saturated carbocycles. The lowest BCUT2D eigenvalue weighted by atomic mass is 10.2. The zero-order valence-corrected chi connectivity index (χ0v) is 8.52. The first-order chi connectivity index (χ1) is 5.93. The summed E-state index contributed by atoms with van der Waals surface area (Å²) >= 11 is 0. The Labute approximate surface area is 76.2 Å². The molecule has 0 bridgehead atoms. The molecule has 0 rings (SSSR count). The molecular formula is C4H10O7P2+2. The minimum Gasteiger partial charge on any atom is -0.388 e. The predicted molar refractivity (Wildman–Crippen MR) is 42.2 cm³/mol. The summed E-state index contributed by atoms with van der Waals surface area (Å²) in [5.41, 5.74) is 0. The van der Waals surface area contributed by atoms with E-state index in [4.69, 9.17) is 14.9 Å². The molecule has 0 spiro atoms. The number of aliphatic hydroxyl groups excluding tert-OH is 1. The topological polar surface area (TPSA) is 113 Å². The van der Waals surface area contributed by atoms with Crippen LogP contribution in [0.3, 0.4) is 0 Å². The predicted octanol–water partition coefficient (Wildman–Crippen LogP) is 0.0684. The Morgan fingerprint density at radius 1 is 1.31 bits per heavy atom. The van der Waals surface area contributed by atoms with E-state index in [0.29, 0.717) is 0 Å². The van der Waals surface area contributed by atoms with Crippen LogP contribution in [-0.2, 0) is 18.2 Å². The van der Waals surface area contributed by atoms with Gasteiger partial charge in [0.2, 0.25) is 0 Å². The van der Waals surface area contributed by atoms with Gasteiger partial charge in [-0.3, -0.25) is 0 Å². The first kappa shape index (κ1) is 13.0. The highest BCUT2D eigenvalue weighted by Gasteiger charge is 2.28. The van der Waals surface area contributed by atoms with Crippen LogP contribution in [0.4, 0.5) is 0 Å². The zero-order valence-electron chi connectivity index (χ0n) is 6.73. The van der Waals surface area contributed by atoms with Crippen LogP contribution in [0.5, 0.6) is 0 Å². The lowest BCUT2D eigenvalue weighted by Crippen LogP contribution is -2.28. The molecule has 7 nitrogen and oxygen atoms in total. The van der Waals surface area contributed by atoms with Gasteiger partial charge in [-0.25, -0.2) is 0 Å². The van der Waals surface area contributed by atoms with Crippen LogP contribution in [0.1, 0.15) is 6.92 Å². The monoisotopic (exact) mass is 232 g/mol. The molecule has 9 heteroatoms. The standard InChI is InChI=1S/C4H8O7P2/c1-3(11-13(8)9)4(5)2-10-12(6)7/h3-5H,2H2,1H3/p+2. The van der Waals surface area contributed by atoms with E-state index >= 15 is 0 Å². The Kier molecular flexibility index (Phi) is 6.45. The molecule has 0 aliphatic rings. The van der Waals surface area contributed by atoms with Crippen LogP contribution in [0.2, 0.25) is 0 Å². The van der Waals surface area contributed by atoms with Crippen molar-refractivity contribution in [3.63, 3.8) is 0 Å². The third-order valence-electron chi connectivity index (χ3n) is 1.15. The van der Waals surface area contributed by atoms with Gasteiger partial charge in [0.05, 0.1) is 0 Å². The fourth-order valence-corrected chi connectivity index (χ4v) is 1.19. The van der Waals surface area contributed by atoms with Crippen molar-refractivity contribution in [3.8, 4) is 0 Å². The lowest BCUT2D eigenvalue weighted by Gasteiger charge is -2.08. The lowest BCUT2D eigenvalue weighted by molar-refractivity contribution is 0.0135. The first-order valence-electron chi connectivity index (χ1n) is 3.23. The average molecular weight is 232 g/mol.